The molecule has 9 nitrogen and oxygen atoms in total. The second-order valence-corrected chi connectivity index (χ2v) is 7.68. The van der Waals surface area contributed by atoms with Crippen molar-refractivity contribution in [3.05, 3.63) is 30.2 Å². The fraction of sp³-hybridized carbons (Fsp3) is 0.524. The Labute approximate surface area is 174 Å². The van der Waals surface area contributed by atoms with Gasteiger partial charge in [0.2, 0.25) is 5.78 Å². The highest BCUT2D eigenvalue weighted by molar-refractivity contribution is 5.99. The molecule has 1 fully saturated rings. The van der Waals surface area contributed by atoms with E-state index >= 15 is 0 Å². The van der Waals surface area contributed by atoms with Crippen LogP contribution in [-0.2, 0) is 14.3 Å². The number of aromatic nitrogens is 1. The number of benzene rings is 1. The summed E-state index contributed by atoms with van der Waals surface area (Å²) in [5.41, 5.74) is 1.05. The molecule has 1 aliphatic heterocycles. The van der Waals surface area contributed by atoms with Crippen LogP contribution in [0.2, 0.25) is 0 Å². The van der Waals surface area contributed by atoms with Crippen molar-refractivity contribution in [1.29, 1.82) is 0 Å². The number of rotatable bonds is 7. The molecule has 2 amide bonds. The lowest BCUT2D eigenvalue weighted by Gasteiger charge is -2.30. The van der Waals surface area contributed by atoms with Gasteiger partial charge in [-0.3, -0.25) is 9.59 Å². The Balaban J connectivity index is 1.61. The Morgan fingerprint density at radius 3 is 2.53 bits per heavy atom. The van der Waals surface area contributed by atoms with Crippen molar-refractivity contribution in [2.45, 2.75) is 39.3 Å². The normalized spacial score (nSPS) is 16.3. The van der Waals surface area contributed by atoms with Gasteiger partial charge in [-0.1, -0.05) is 26.0 Å². The first kappa shape index (κ1) is 21.8. The Kier molecular flexibility index (Phi) is 7.04. The van der Waals surface area contributed by atoms with Crippen molar-refractivity contribution in [1.82, 2.24) is 15.2 Å². The molecule has 2 aromatic rings. The molecule has 0 spiro atoms. The van der Waals surface area contributed by atoms with Crippen LogP contribution in [0.5, 0.6) is 0 Å². The highest BCUT2D eigenvalue weighted by atomic mass is 16.6. The number of ketones is 1. The first-order chi connectivity index (χ1) is 14.3. The average molecular weight is 417 g/mol. The second kappa shape index (κ2) is 9.71. The molecule has 1 saturated heterocycles. The predicted molar refractivity (Wildman–Crippen MR) is 108 cm³/mol. The molecule has 30 heavy (non-hydrogen) atoms. The summed E-state index contributed by atoms with van der Waals surface area (Å²) < 4.78 is 16.1. The molecule has 0 saturated carbocycles. The number of Topliss-reactive ketones (excluding diaryl/α,β-unsaturated/α-hetero) is 1. The molecule has 0 aliphatic carbocycles. The SMILES string of the molecule is CC(C)CC(OC(=O)NC(C)C(=O)c1nc2ccccc2o1)C(=O)N1CCOCC1. The Hall–Kier alpha value is -2.94. The fourth-order valence-corrected chi connectivity index (χ4v) is 3.18. The second-order valence-electron chi connectivity index (χ2n) is 7.68. The topological polar surface area (TPSA) is 111 Å². The smallest absolute Gasteiger partial charge is 0.408 e. The number of para-hydroxylation sites is 2. The van der Waals surface area contributed by atoms with Crippen molar-refractivity contribution < 1.29 is 28.3 Å². The van der Waals surface area contributed by atoms with Gasteiger partial charge in [0.15, 0.2) is 11.7 Å². The zero-order valence-corrected chi connectivity index (χ0v) is 17.4. The number of hydrogen-bond acceptors (Lipinski definition) is 7. The van der Waals surface area contributed by atoms with Crippen LogP contribution in [0, 0.1) is 5.92 Å². The van der Waals surface area contributed by atoms with Gasteiger partial charge < -0.3 is 24.1 Å². The zero-order chi connectivity index (χ0) is 21.7. The number of alkyl carbamates (subject to hydrolysis) is 1. The van der Waals surface area contributed by atoms with Crippen LogP contribution in [0.15, 0.2) is 28.7 Å². The number of nitrogens with one attached hydrogen (secondary N) is 1. The summed E-state index contributed by atoms with van der Waals surface area (Å²) in [6.45, 7) is 7.25. The van der Waals surface area contributed by atoms with Crippen LogP contribution in [0.3, 0.4) is 0 Å². The molecule has 2 atom stereocenters. The first-order valence-corrected chi connectivity index (χ1v) is 10.1. The van der Waals surface area contributed by atoms with Crippen LogP contribution in [-0.4, -0.2) is 66.1 Å². The van der Waals surface area contributed by atoms with Crippen LogP contribution in [0.25, 0.3) is 11.1 Å². The molecular weight excluding hydrogens is 390 g/mol. The highest BCUT2D eigenvalue weighted by Crippen LogP contribution is 2.16. The maximum absolute atomic E-state index is 12.8. The summed E-state index contributed by atoms with van der Waals surface area (Å²) in [5.74, 6) is -0.679. The monoisotopic (exact) mass is 417 g/mol. The molecule has 162 valence electrons. The third-order valence-corrected chi connectivity index (χ3v) is 4.77. The van der Waals surface area contributed by atoms with Gasteiger partial charge >= 0.3 is 6.09 Å². The van der Waals surface area contributed by atoms with E-state index < -0.39 is 24.0 Å². The first-order valence-electron chi connectivity index (χ1n) is 10.1. The number of morpholine rings is 1. The lowest BCUT2D eigenvalue weighted by molar-refractivity contribution is -0.145. The van der Waals surface area contributed by atoms with Crippen molar-refractivity contribution in [3.8, 4) is 0 Å². The lowest BCUT2D eigenvalue weighted by atomic mass is 10.0. The summed E-state index contributed by atoms with van der Waals surface area (Å²) in [5, 5.41) is 2.48. The summed E-state index contributed by atoms with van der Waals surface area (Å²) in [7, 11) is 0. The van der Waals surface area contributed by atoms with Gasteiger partial charge in [0.1, 0.15) is 5.52 Å². The number of carbonyl (C=O) groups is 3. The number of fused-ring (bicyclic) bond motifs is 1. The zero-order valence-electron chi connectivity index (χ0n) is 17.4. The number of ether oxygens (including phenoxy) is 2. The predicted octanol–water partition coefficient (Wildman–Crippen LogP) is 2.40. The maximum atomic E-state index is 12.8. The molecule has 1 N–H and O–H groups in total. The van der Waals surface area contributed by atoms with Crippen molar-refractivity contribution >= 4 is 28.9 Å². The van der Waals surface area contributed by atoms with E-state index in [2.05, 4.69) is 10.3 Å². The van der Waals surface area contributed by atoms with Crippen LogP contribution < -0.4 is 5.32 Å². The van der Waals surface area contributed by atoms with Gasteiger partial charge in [-0.15, -0.1) is 0 Å². The van der Waals surface area contributed by atoms with Gasteiger partial charge in [0.05, 0.1) is 19.3 Å². The summed E-state index contributed by atoms with van der Waals surface area (Å²) >= 11 is 0. The molecule has 0 radical (unpaired) electrons. The van der Waals surface area contributed by atoms with Crippen LogP contribution >= 0.6 is 0 Å². The molecular formula is C21H27N3O6. The number of carbonyl (C=O) groups excluding carboxylic acids is 3. The number of hydrogen-bond donors (Lipinski definition) is 1. The lowest BCUT2D eigenvalue weighted by Crippen LogP contribution is -2.49. The Morgan fingerprint density at radius 2 is 1.87 bits per heavy atom. The molecule has 1 aliphatic rings. The van der Waals surface area contributed by atoms with Gasteiger partial charge in [0.25, 0.3) is 11.8 Å². The minimum absolute atomic E-state index is 0.0906. The summed E-state index contributed by atoms with van der Waals surface area (Å²) in [6, 6.07) is 6.08. The van der Waals surface area contributed by atoms with Crippen molar-refractivity contribution in [3.63, 3.8) is 0 Å². The minimum Gasteiger partial charge on any atom is -0.436 e. The molecule has 1 aromatic heterocycles. The Morgan fingerprint density at radius 1 is 1.17 bits per heavy atom. The van der Waals surface area contributed by atoms with Crippen LogP contribution in [0.4, 0.5) is 4.79 Å². The number of amides is 2. The third-order valence-electron chi connectivity index (χ3n) is 4.77. The van der Waals surface area contributed by atoms with E-state index in [1.54, 1.807) is 29.2 Å². The average Bonchev–Trinajstić information content (AvgIpc) is 3.16. The summed E-state index contributed by atoms with van der Waals surface area (Å²) in [4.78, 5) is 43.6. The molecule has 3 rings (SSSR count). The van der Waals surface area contributed by atoms with E-state index in [9.17, 15) is 14.4 Å². The Bertz CT molecular complexity index is 870. The van der Waals surface area contributed by atoms with E-state index in [1.165, 1.54) is 6.92 Å². The van der Waals surface area contributed by atoms with E-state index in [-0.39, 0.29) is 17.7 Å². The van der Waals surface area contributed by atoms with Gasteiger partial charge in [-0.2, -0.15) is 0 Å². The molecule has 0 bridgehead atoms. The minimum atomic E-state index is -0.927. The van der Waals surface area contributed by atoms with E-state index in [4.69, 9.17) is 13.9 Å². The van der Waals surface area contributed by atoms with Gasteiger partial charge in [0, 0.05) is 13.1 Å². The van der Waals surface area contributed by atoms with E-state index in [0.717, 1.165) is 0 Å². The van der Waals surface area contributed by atoms with Gasteiger partial charge in [-0.25, -0.2) is 9.78 Å². The molecule has 1 aromatic carbocycles. The van der Waals surface area contributed by atoms with Crippen LogP contribution in [0.1, 0.15) is 37.9 Å². The standard InChI is InChI=1S/C21H27N3O6/c1-13(2)12-17(20(26)24-8-10-28-11-9-24)30-21(27)22-14(3)18(25)19-23-15-6-4-5-7-16(15)29-19/h4-7,13-14,17H,8-12H2,1-3H3,(H,22,27). The largest absolute Gasteiger partial charge is 0.436 e. The molecule has 9 heteroatoms. The highest BCUT2D eigenvalue weighted by Gasteiger charge is 2.31. The van der Waals surface area contributed by atoms with Crippen molar-refractivity contribution in [2.75, 3.05) is 26.3 Å². The summed E-state index contributed by atoms with van der Waals surface area (Å²) in [6.07, 6.45) is -1.37. The van der Waals surface area contributed by atoms with Crippen molar-refractivity contribution in [2.24, 2.45) is 5.92 Å². The quantitative estimate of drug-likeness (QED) is 0.689. The number of oxazole rings is 1. The maximum Gasteiger partial charge on any atom is 0.408 e. The van der Waals surface area contributed by atoms with E-state index in [1.807, 2.05) is 13.8 Å². The van der Waals surface area contributed by atoms with Gasteiger partial charge in [-0.05, 0) is 31.4 Å². The third kappa shape index (κ3) is 5.35. The number of nitrogens with zero attached hydrogens (tertiary/aromatic N) is 2. The fourth-order valence-electron chi connectivity index (χ4n) is 3.18. The van der Waals surface area contributed by atoms with E-state index in [0.29, 0.717) is 43.8 Å². The molecule has 2 unspecified atom stereocenters. The molecule has 2 heterocycles.